The van der Waals surface area contributed by atoms with Crippen LogP contribution < -0.4 is 5.56 Å². The maximum absolute atomic E-state index is 11.6. The third kappa shape index (κ3) is 3.67. The summed E-state index contributed by atoms with van der Waals surface area (Å²) in [7, 11) is 0. The highest BCUT2D eigenvalue weighted by Crippen LogP contribution is 2.12. The first-order valence-corrected chi connectivity index (χ1v) is 6.35. The first kappa shape index (κ1) is 14.2. The van der Waals surface area contributed by atoms with Gasteiger partial charge in [0.15, 0.2) is 0 Å². The molecule has 0 unspecified atom stereocenters. The Morgan fingerprint density at radius 1 is 1.33 bits per heavy atom. The maximum Gasteiger partial charge on any atom is 0.268 e. The van der Waals surface area contributed by atoms with E-state index in [0.29, 0.717) is 0 Å². The zero-order valence-electron chi connectivity index (χ0n) is 10.3. The van der Waals surface area contributed by atoms with Crippen LogP contribution in [0.2, 0.25) is 0 Å². The molecule has 2 nitrogen and oxygen atoms in total. The minimum atomic E-state index is 0.148. The van der Waals surface area contributed by atoms with Crippen LogP contribution in [0.5, 0.6) is 0 Å². The molecule has 0 fully saturated rings. The fourth-order valence-electron chi connectivity index (χ4n) is 1.17. The fourth-order valence-corrected chi connectivity index (χ4v) is 2.07. The molecule has 0 aliphatic rings. The second kappa shape index (κ2) is 7.46. The van der Waals surface area contributed by atoms with Crippen LogP contribution in [0.4, 0.5) is 0 Å². The van der Waals surface area contributed by atoms with Gasteiger partial charge in [0.05, 0.1) is 5.56 Å². The predicted molar refractivity (Wildman–Crippen MR) is 69.7 cm³/mol. The number of hydrogen-bond donors (Lipinski definition) is 0. The smallest absolute Gasteiger partial charge is 0.268 e. The first-order chi connectivity index (χ1) is 7.20. The molecular weight excluding hydrogens is 206 g/mol. The third-order valence-corrected chi connectivity index (χ3v) is 3.03. The van der Waals surface area contributed by atoms with Gasteiger partial charge in [-0.25, -0.2) is 0 Å². The van der Waals surface area contributed by atoms with Crippen molar-refractivity contribution in [2.24, 2.45) is 0 Å². The summed E-state index contributed by atoms with van der Waals surface area (Å²) in [5.41, 5.74) is 1.00. The van der Waals surface area contributed by atoms with Crippen LogP contribution in [0.15, 0.2) is 10.9 Å². The molecule has 15 heavy (non-hydrogen) atoms. The van der Waals surface area contributed by atoms with E-state index in [-0.39, 0.29) is 5.56 Å². The van der Waals surface area contributed by atoms with Crippen molar-refractivity contribution in [3.63, 3.8) is 0 Å². The van der Waals surface area contributed by atoms with Gasteiger partial charge in [-0.15, -0.1) is 0 Å². The Bertz CT molecular complexity index is 360. The summed E-state index contributed by atoms with van der Waals surface area (Å²) in [6, 6.07) is 0. The van der Waals surface area contributed by atoms with E-state index in [2.05, 4.69) is 6.92 Å². The molecule has 0 atom stereocenters. The van der Waals surface area contributed by atoms with Crippen LogP contribution in [0, 0.1) is 6.92 Å². The molecule has 1 aromatic heterocycles. The van der Waals surface area contributed by atoms with Crippen LogP contribution >= 0.6 is 11.5 Å². The zero-order chi connectivity index (χ0) is 11.8. The molecule has 0 saturated heterocycles. The molecule has 0 aromatic carbocycles. The lowest BCUT2D eigenvalue weighted by molar-refractivity contribution is 0.809. The Kier molecular flexibility index (Phi) is 7.05. The Labute approximate surface area is 96.4 Å². The van der Waals surface area contributed by atoms with Gasteiger partial charge >= 0.3 is 0 Å². The van der Waals surface area contributed by atoms with Gasteiger partial charge in [0.25, 0.3) is 5.56 Å². The molecule has 1 aromatic rings. The molecule has 1 rings (SSSR count). The van der Waals surface area contributed by atoms with Crippen LogP contribution in [0.1, 0.15) is 44.6 Å². The fraction of sp³-hybridized carbons (Fsp3) is 0.583. The van der Waals surface area contributed by atoms with Crippen molar-refractivity contribution in [1.29, 1.82) is 0 Å². The van der Waals surface area contributed by atoms with E-state index in [9.17, 15) is 4.79 Å². The van der Waals surface area contributed by atoms with E-state index in [1.54, 1.807) is 15.5 Å². The van der Waals surface area contributed by atoms with Crippen molar-refractivity contribution >= 4 is 17.6 Å². The molecule has 0 amide bonds. The monoisotopic (exact) mass is 227 g/mol. The SMILES string of the molecule is CC.CC/C=C\c1c(C)sn(CC)c1=O. The van der Waals surface area contributed by atoms with Crippen molar-refractivity contribution < 1.29 is 0 Å². The Balaban J connectivity index is 0.000000921. The van der Waals surface area contributed by atoms with E-state index in [1.165, 1.54) is 0 Å². The molecule has 0 saturated carbocycles. The average molecular weight is 227 g/mol. The van der Waals surface area contributed by atoms with E-state index < -0.39 is 0 Å². The Morgan fingerprint density at radius 3 is 2.33 bits per heavy atom. The first-order valence-electron chi connectivity index (χ1n) is 5.58. The van der Waals surface area contributed by atoms with Gasteiger partial charge in [0.2, 0.25) is 0 Å². The number of rotatable bonds is 3. The second-order valence-corrected chi connectivity index (χ2v) is 4.11. The Morgan fingerprint density at radius 2 is 1.93 bits per heavy atom. The standard InChI is InChI=1S/C10H15NOS.C2H6/c1-4-6-7-9-8(3)13-11(5-2)10(9)12;1-2/h6-7H,4-5H2,1-3H3;1-2H3/b7-6-;. The molecule has 0 bridgehead atoms. The summed E-state index contributed by atoms with van der Waals surface area (Å²) in [6.07, 6.45) is 4.93. The number of aryl methyl sites for hydroxylation is 2. The zero-order valence-corrected chi connectivity index (χ0v) is 11.1. The highest BCUT2D eigenvalue weighted by molar-refractivity contribution is 7.06. The van der Waals surface area contributed by atoms with Crippen LogP contribution in [0.3, 0.4) is 0 Å². The molecule has 0 radical (unpaired) electrons. The van der Waals surface area contributed by atoms with Crippen molar-refractivity contribution in [3.05, 3.63) is 26.9 Å². The lowest BCUT2D eigenvalue weighted by Gasteiger charge is -1.88. The summed E-state index contributed by atoms with van der Waals surface area (Å²) in [4.78, 5) is 12.8. The minimum absolute atomic E-state index is 0.148. The van der Waals surface area contributed by atoms with Crippen molar-refractivity contribution in [2.75, 3.05) is 0 Å². The molecule has 0 aliphatic heterocycles. The van der Waals surface area contributed by atoms with Crippen molar-refractivity contribution in [2.45, 2.75) is 47.6 Å². The van der Waals surface area contributed by atoms with E-state index in [4.69, 9.17) is 0 Å². The predicted octanol–water partition coefficient (Wildman–Crippen LogP) is 3.69. The lowest BCUT2D eigenvalue weighted by atomic mass is 10.2. The highest BCUT2D eigenvalue weighted by atomic mass is 32.1. The Hall–Kier alpha value is -0.830. The summed E-state index contributed by atoms with van der Waals surface area (Å²) >= 11 is 1.54. The highest BCUT2D eigenvalue weighted by Gasteiger charge is 2.06. The van der Waals surface area contributed by atoms with Gasteiger partial charge in [0, 0.05) is 11.4 Å². The van der Waals surface area contributed by atoms with Crippen LogP contribution in [-0.4, -0.2) is 3.96 Å². The lowest BCUT2D eigenvalue weighted by Crippen LogP contribution is -2.13. The third-order valence-electron chi connectivity index (χ3n) is 1.89. The van der Waals surface area contributed by atoms with Gasteiger partial charge in [-0.05, 0) is 20.3 Å². The van der Waals surface area contributed by atoms with Gasteiger partial charge in [-0.2, -0.15) is 0 Å². The second-order valence-electron chi connectivity index (χ2n) is 2.87. The molecule has 0 N–H and O–H groups in total. The molecule has 0 aliphatic carbocycles. The van der Waals surface area contributed by atoms with Crippen LogP contribution in [-0.2, 0) is 6.54 Å². The molecule has 3 heteroatoms. The summed E-state index contributed by atoms with van der Waals surface area (Å²) < 4.78 is 1.78. The van der Waals surface area contributed by atoms with Crippen molar-refractivity contribution in [1.82, 2.24) is 3.96 Å². The van der Waals surface area contributed by atoms with E-state index in [0.717, 1.165) is 23.4 Å². The molecule has 86 valence electrons. The summed E-state index contributed by atoms with van der Waals surface area (Å²) in [6.45, 7) is 10.8. The number of nitrogens with zero attached hydrogens (tertiary/aromatic N) is 1. The summed E-state index contributed by atoms with van der Waals surface area (Å²) in [5.74, 6) is 0. The molecule has 0 spiro atoms. The maximum atomic E-state index is 11.6. The topological polar surface area (TPSA) is 22.0 Å². The number of hydrogen-bond acceptors (Lipinski definition) is 2. The molecular formula is C12H21NOS. The average Bonchev–Trinajstić information content (AvgIpc) is 2.54. The largest absolute Gasteiger partial charge is 0.268 e. The normalized spacial score (nSPS) is 10.2. The van der Waals surface area contributed by atoms with Crippen LogP contribution in [0.25, 0.3) is 6.08 Å². The number of aromatic nitrogens is 1. The van der Waals surface area contributed by atoms with Crippen molar-refractivity contribution in [3.8, 4) is 0 Å². The van der Waals surface area contributed by atoms with Gasteiger partial charge in [-0.3, -0.25) is 8.75 Å². The van der Waals surface area contributed by atoms with E-state index >= 15 is 0 Å². The quantitative estimate of drug-likeness (QED) is 0.772. The van der Waals surface area contributed by atoms with Gasteiger partial charge in [0.1, 0.15) is 0 Å². The van der Waals surface area contributed by atoms with Gasteiger partial charge < -0.3 is 0 Å². The summed E-state index contributed by atoms with van der Waals surface area (Å²) in [5, 5.41) is 0. The van der Waals surface area contributed by atoms with E-state index in [1.807, 2.05) is 39.8 Å². The molecule has 1 heterocycles. The minimum Gasteiger partial charge on any atom is -0.268 e. The van der Waals surface area contributed by atoms with Gasteiger partial charge in [-0.1, -0.05) is 44.5 Å². The number of allylic oxidation sites excluding steroid dienone is 1.